The van der Waals surface area contributed by atoms with Crippen LogP contribution >= 0.6 is 0 Å². The number of aliphatic hydroxyl groups is 1. The number of benzene rings is 1. The highest BCUT2D eigenvalue weighted by Crippen LogP contribution is 2.34. The third-order valence-corrected chi connectivity index (χ3v) is 4.85. The monoisotopic (exact) mass is 275 g/mol. The van der Waals surface area contributed by atoms with Gasteiger partial charge in [0.15, 0.2) is 0 Å². The van der Waals surface area contributed by atoms with E-state index in [-0.39, 0.29) is 5.92 Å². The Balaban J connectivity index is 2.12. The highest BCUT2D eigenvalue weighted by atomic mass is 16.3. The van der Waals surface area contributed by atoms with Gasteiger partial charge in [0.25, 0.3) is 0 Å². The Bertz CT molecular complexity index is 425. The number of nitrogens with zero attached hydrogens (tertiary/aromatic N) is 1. The van der Waals surface area contributed by atoms with Gasteiger partial charge in [0, 0.05) is 12.5 Å². The van der Waals surface area contributed by atoms with Crippen molar-refractivity contribution in [2.24, 2.45) is 5.92 Å². The van der Waals surface area contributed by atoms with E-state index in [1.807, 2.05) is 0 Å². The maximum atomic E-state index is 11.2. The topological polar surface area (TPSA) is 23.5 Å². The average molecular weight is 275 g/mol. The van der Waals surface area contributed by atoms with Crippen molar-refractivity contribution in [1.82, 2.24) is 4.90 Å². The Labute approximate surface area is 123 Å². The van der Waals surface area contributed by atoms with Gasteiger partial charge >= 0.3 is 0 Å². The van der Waals surface area contributed by atoms with Crippen LogP contribution in [-0.2, 0) is 5.60 Å². The van der Waals surface area contributed by atoms with Crippen LogP contribution in [-0.4, -0.2) is 29.6 Å². The molecule has 1 heterocycles. The molecule has 0 spiro atoms. The smallest absolute Gasteiger partial charge is 0.0931 e. The van der Waals surface area contributed by atoms with Crippen LogP contribution in [0.25, 0.3) is 0 Å². The molecule has 0 aliphatic carbocycles. The molecule has 0 amide bonds. The zero-order valence-electron chi connectivity index (χ0n) is 13.2. The molecule has 1 aromatic rings. The van der Waals surface area contributed by atoms with Crippen molar-refractivity contribution in [2.75, 3.05) is 19.6 Å². The molecule has 1 fully saturated rings. The van der Waals surface area contributed by atoms with E-state index in [0.717, 1.165) is 18.5 Å². The van der Waals surface area contributed by atoms with Crippen LogP contribution in [0.5, 0.6) is 0 Å². The largest absolute Gasteiger partial charge is 0.385 e. The normalized spacial score (nSPS) is 21.4. The maximum absolute atomic E-state index is 11.2. The van der Waals surface area contributed by atoms with E-state index in [0.29, 0.717) is 0 Å². The fourth-order valence-electron chi connectivity index (χ4n) is 3.43. The van der Waals surface area contributed by atoms with Crippen molar-refractivity contribution >= 4 is 0 Å². The minimum Gasteiger partial charge on any atom is -0.385 e. The molecule has 0 bridgehead atoms. The van der Waals surface area contributed by atoms with E-state index < -0.39 is 5.60 Å². The van der Waals surface area contributed by atoms with Crippen molar-refractivity contribution in [1.29, 1.82) is 0 Å². The SMILES string of the molecule is CCC(O)(c1cccc(C)c1)C(C)CN1CCCCC1. The molecule has 1 N–H and O–H groups in total. The molecule has 2 nitrogen and oxygen atoms in total. The van der Waals surface area contributed by atoms with E-state index in [2.05, 4.69) is 49.9 Å². The lowest BCUT2D eigenvalue weighted by Crippen LogP contribution is -2.42. The van der Waals surface area contributed by atoms with Crippen LogP contribution in [0.2, 0.25) is 0 Å². The lowest BCUT2D eigenvalue weighted by Gasteiger charge is -2.38. The molecule has 2 atom stereocenters. The van der Waals surface area contributed by atoms with Crippen LogP contribution in [0.1, 0.15) is 50.7 Å². The highest BCUT2D eigenvalue weighted by molar-refractivity contribution is 5.28. The van der Waals surface area contributed by atoms with E-state index in [1.54, 1.807) is 0 Å². The molecular weight excluding hydrogens is 246 g/mol. The van der Waals surface area contributed by atoms with Crippen molar-refractivity contribution in [3.63, 3.8) is 0 Å². The fraction of sp³-hybridized carbons (Fsp3) is 0.667. The first-order valence-electron chi connectivity index (χ1n) is 8.08. The van der Waals surface area contributed by atoms with Gasteiger partial charge < -0.3 is 10.0 Å². The molecule has 0 radical (unpaired) electrons. The van der Waals surface area contributed by atoms with Crippen molar-refractivity contribution in [3.8, 4) is 0 Å². The lowest BCUT2D eigenvalue weighted by atomic mass is 9.79. The predicted molar refractivity (Wildman–Crippen MR) is 84.8 cm³/mol. The third-order valence-electron chi connectivity index (χ3n) is 4.85. The predicted octanol–water partition coefficient (Wildman–Crippen LogP) is 3.71. The summed E-state index contributed by atoms with van der Waals surface area (Å²) in [5.41, 5.74) is 1.59. The summed E-state index contributed by atoms with van der Waals surface area (Å²) in [4.78, 5) is 2.52. The summed E-state index contributed by atoms with van der Waals surface area (Å²) in [5.74, 6) is 0.257. The summed E-state index contributed by atoms with van der Waals surface area (Å²) < 4.78 is 0. The zero-order valence-corrected chi connectivity index (χ0v) is 13.2. The molecule has 1 aliphatic rings. The molecule has 1 aliphatic heterocycles. The minimum absolute atomic E-state index is 0.257. The van der Waals surface area contributed by atoms with Crippen molar-refractivity contribution in [3.05, 3.63) is 35.4 Å². The summed E-state index contributed by atoms with van der Waals surface area (Å²) >= 11 is 0. The van der Waals surface area contributed by atoms with Crippen LogP contribution < -0.4 is 0 Å². The van der Waals surface area contributed by atoms with Crippen LogP contribution in [0.15, 0.2) is 24.3 Å². The first-order valence-corrected chi connectivity index (χ1v) is 8.08. The number of hydrogen-bond donors (Lipinski definition) is 1. The van der Waals surface area contributed by atoms with Gasteiger partial charge in [-0.1, -0.05) is 50.1 Å². The second-order valence-corrected chi connectivity index (χ2v) is 6.41. The first kappa shape index (κ1) is 15.5. The molecule has 112 valence electrons. The summed E-state index contributed by atoms with van der Waals surface area (Å²) in [6.45, 7) is 9.76. The van der Waals surface area contributed by atoms with Gasteiger partial charge in [0.05, 0.1) is 5.60 Å². The summed E-state index contributed by atoms with van der Waals surface area (Å²) in [6, 6.07) is 8.35. The van der Waals surface area contributed by atoms with Gasteiger partial charge in [-0.2, -0.15) is 0 Å². The minimum atomic E-state index is -0.705. The van der Waals surface area contributed by atoms with E-state index in [1.165, 1.54) is 37.9 Å². The molecule has 2 rings (SSSR count). The molecule has 1 saturated heterocycles. The molecule has 0 saturated carbocycles. The Kier molecular flexibility index (Phi) is 5.22. The van der Waals surface area contributed by atoms with Crippen LogP contribution in [0, 0.1) is 12.8 Å². The Morgan fingerprint density at radius 3 is 2.55 bits per heavy atom. The fourth-order valence-corrected chi connectivity index (χ4v) is 3.43. The molecular formula is C18H29NO. The number of rotatable bonds is 5. The second-order valence-electron chi connectivity index (χ2n) is 6.41. The molecule has 20 heavy (non-hydrogen) atoms. The van der Waals surface area contributed by atoms with Crippen LogP contribution in [0.3, 0.4) is 0 Å². The van der Waals surface area contributed by atoms with Gasteiger partial charge in [-0.05, 0) is 44.8 Å². The van der Waals surface area contributed by atoms with Gasteiger partial charge in [-0.25, -0.2) is 0 Å². The summed E-state index contributed by atoms with van der Waals surface area (Å²) in [6.07, 6.45) is 4.75. The quantitative estimate of drug-likeness (QED) is 0.885. The molecule has 2 unspecified atom stereocenters. The average Bonchev–Trinajstić information content (AvgIpc) is 2.47. The summed E-state index contributed by atoms with van der Waals surface area (Å²) in [7, 11) is 0. The Morgan fingerprint density at radius 2 is 1.95 bits per heavy atom. The standard InChI is InChI=1S/C18H29NO/c1-4-18(20,17-10-8-9-15(2)13-17)16(3)14-19-11-6-5-7-12-19/h8-10,13,16,20H,4-7,11-12,14H2,1-3H3. The zero-order chi connectivity index (χ0) is 14.6. The number of hydrogen-bond acceptors (Lipinski definition) is 2. The first-order chi connectivity index (χ1) is 9.56. The van der Waals surface area contributed by atoms with E-state index in [9.17, 15) is 5.11 Å². The number of aryl methyl sites for hydroxylation is 1. The van der Waals surface area contributed by atoms with E-state index in [4.69, 9.17) is 0 Å². The van der Waals surface area contributed by atoms with E-state index >= 15 is 0 Å². The van der Waals surface area contributed by atoms with Crippen molar-refractivity contribution < 1.29 is 5.11 Å². The molecule has 1 aromatic carbocycles. The Hall–Kier alpha value is -0.860. The molecule has 2 heteroatoms. The Morgan fingerprint density at radius 1 is 1.25 bits per heavy atom. The second kappa shape index (κ2) is 6.73. The van der Waals surface area contributed by atoms with Crippen LogP contribution in [0.4, 0.5) is 0 Å². The highest BCUT2D eigenvalue weighted by Gasteiger charge is 2.35. The summed E-state index contributed by atoms with van der Waals surface area (Å²) in [5, 5.41) is 11.2. The van der Waals surface area contributed by atoms with Crippen molar-refractivity contribution in [2.45, 2.75) is 52.1 Å². The van der Waals surface area contributed by atoms with Gasteiger partial charge in [-0.15, -0.1) is 0 Å². The number of piperidine rings is 1. The maximum Gasteiger partial charge on any atom is 0.0931 e. The third kappa shape index (κ3) is 3.42. The van der Waals surface area contributed by atoms with Gasteiger partial charge in [0.2, 0.25) is 0 Å². The lowest BCUT2D eigenvalue weighted by molar-refractivity contribution is -0.0351. The molecule has 0 aromatic heterocycles. The van der Waals surface area contributed by atoms with Gasteiger partial charge in [-0.3, -0.25) is 0 Å². The van der Waals surface area contributed by atoms with Gasteiger partial charge in [0.1, 0.15) is 0 Å². The number of likely N-dealkylation sites (tertiary alicyclic amines) is 1.